The Hall–Kier alpha value is -0.120. The van der Waals surface area contributed by atoms with Crippen molar-refractivity contribution in [2.45, 2.75) is 33.2 Å². The number of aliphatic hydroxyl groups excluding tert-OH is 1. The summed E-state index contributed by atoms with van der Waals surface area (Å²) in [7, 11) is 0. The molecular weight excluding hydrogens is 132 g/mol. The average molecular weight is 148 g/mol. The van der Waals surface area contributed by atoms with Crippen molar-refractivity contribution in [1.29, 1.82) is 0 Å². The molecule has 0 aromatic rings. The maximum absolute atomic E-state index is 8.57. The van der Waals surface area contributed by atoms with Crippen LogP contribution in [0.4, 0.5) is 0 Å². The van der Waals surface area contributed by atoms with Crippen molar-refractivity contribution in [2.24, 2.45) is 0 Å². The van der Waals surface area contributed by atoms with Crippen LogP contribution < -0.4 is 0 Å². The van der Waals surface area contributed by atoms with E-state index in [2.05, 4.69) is 0 Å². The van der Waals surface area contributed by atoms with Gasteiger partial charge in [-0.1, -0.05) is 0 Å². The molecule has 3 heteroatoms. The van der Waals surface area contributed by atoms with Crippen molar-refractivity contribution < 1.29 is 14.6 Å². The van der Waals surface area contributed by atoms with Gasteiger partial charge in [0, 0.05) is 6.61 Å². The topological polar surface area (TPSA) is 38.7 Å². The van der Waals surface area contributed by atoms with E-state index in [1.807, 2.05) is 13.8 Å². The second kappa shape index (κ2) is 5.65. The molecule has 0 aliphatic rings. The van der Waals surface area contributed by atoms with Gasteiger partial charge in [0.1, 0.15) is 0 Å². The lowest BCUT2D eigenvalue weighted by molar-refractivity contribution is -0.160. The van der Waals surface area contributed by atoms with Crippen LogP contribution in [0.1, 0.15) is 20.8 Å². The molecule has 0 spiro atoms. The van der Waals surface area contributed by atoms with Crippen LogP contribution in [0.3, 0.4) is 0 Å². The standard InChI is InChI=1S/C7H16O3/c1-4-9-7(3)10-6(2)5-8/h6-8H,4-5H2,1-3H3/t6-,7+/m0/s1. The summed E-state index contributed by atoms with van der Waals surface area (Å²) in [6.07, 6.45) is -0.353. The number of rotatable bonds is 5. The Morgan fingerprint density at radius 2 is 2.00 bits per heavy atom. The molecule has 10 heavy (non-hydrogen) atoms. The highest BCUT2D eigenvalue weighted by Gasteiger charge is 2.05. The Kier molecular flexibility index (Phi) is 5.58. The summed E-state index contributed by atoms with van der Waals surface area (Å²) in [4.78, 5) is 0. The predicted molar refractivity (Wildman–Crippen MR) is 38.7 cm³/mol. The largest absolute Gasteiger partial charge is 0.394 e. The molecule has 0 heterocycles. The van der Waals surface area contributed by atoms with Gasteiger partial charge in [0.25, 0.3) is 0 Å². The summed E-state index contributed by atoms with van der Waals surface area (Å²) in [5.74, 6) is 0. The van der Waals surface area contributed by atoms with E-state index in [-0.39, 0.29) is 19.0 Å². The third kappa shape index (κ3) is 4.73. The molecule has 0 saturated carbocycles. The monoisotopic (exact) mass is 148 g/mol. The molecule has 1 N–H and O–H groups in total. The van der Waals surface area contributed by atoms with Crippen molar-refractivity contribution in [1.82, 2.24) is 0 Å². The molecule has 0 rings (SSSR count). The van der Waals surface area contributed by atoms with Gasteiger partial charge in [0.2, 0.25) is 0 Å². The normalized spacial score (nSPS) is 16.8. The molecule has 0 amide bonds. The fourth-order valence-corrected chi connectivity index (χ4v) is 0.644. The SMILES string of the molecule is CCO[C@@H](C)O[C@@H](C)CO. The molecule has 3 nitrogen and oxygen atoms in total. The molecule has 2 atom stereocenters. The van der Waals surface area contributed by atoms with E-state index in [9.17, 15) is 0 Å². The maximum Gasteiger partial charge on any atom is 0.155 e. The Morgan fingerprint density at radius 3 is 2.40 bits per heavy atom. The van der Waals surface area contributed by atoms with Crippen molar-refractivity contribution in [3.05, 3.63) is 0 Å². The zero-order valence-electron chi connectivity index (χ0n) is 6.83. The van der Waals surface area contributed by atoms with Gasteiger partial charge in [0.15, 0.2) is 6.29 Å². The number of ether oxygens (including phenoxy) is 2. The fraction of sp³-hybridized carbons (Fsp3) is 1.00. The van der Waals surface area contributed by atoms with Gasteiger partial charge in [-0.05, 0) is 20.8 Å². The molecular formula is C7H16O3. The molecule has 0 radical (unpaired) electrons. The van der Waals surface area contributed by atoms with E-state index in [1.54, 1.807) is 6.92 Å². The lowest BCUT2D eigenvalue weighted by Gasteiger charge is -2.16. The van der Waals surface area contributed by atoms with Crippen molar-refractivity contribution in [2.75, 3.05) is 13.2 Å². The summed E-state index contributed by atoms with van der Waals surface area (Å²) in [5.41, 5.74) is 0. The highest BCUT2D eigenvalue weighted by atomic mass is 16.7. The predicted octanol–water partition coefficient (Wildman–Crippen LogP) is 0.766. The van der Waals surface area contributed by atoms with Crippen molar-refractivity contribution >= 4 is 0 Å². The smallest absolute Gasteiger partial charge is 0.155 e. The van der Waals surface area contributed by atoms with Gasteiger partial charge in [-0.25, -0.2) is 0 Å². The van der Waals surface area contributed by atoms with Gasteiger partial charge in [-0.2, -0.15) is 0 Å². The molecule has 0 bridgehead atoms. The Balaban J connectivity index is 3.27. The Bertz CT molecular complexity index is 75.3. The first-order chi connectivity index (χ1) is 4.70. The lowest BCUT2D eigenvalue weighted by Crippen LogP contribution is -2.22. The summed E-state index contributed by atoms with van der Waals surface area (Å²) in [6, 6.07) is 0. The van der Waals surface area contributed by atoms with E-state index >= 15 is 0 Å². The lowest BCUT2D eigenvalue weighted by atomic mass is 10.4. The van der Waals surface area contributed by atoms with Gasteiger partial charge in [-0.15, -0.1) is 0 Å². The highest BCUT2D eigenvalue weighted by Crippen LogP contribution is 1.97. The maximum atomic E-state index is 8.57. The Labute approximate surface area is 62.0 Å². The number of aliphatic hydroxyl groups is 1. The average Bonchev–Trinajstić information content (AvgIpc) is 1.88. The molecule has 62 valence electrons. The third-order valence-corrected chi connectivity index (χ3v) is 1.08. The quantitative estimate of drug-likeness (QED) is 0.585. The van der Waals surface area contributed by atoms with Crippen LogP contribution in [0.5, 0.6) is 0 Å². The summed E-state index contributed by atoms with van der Waals surface area (Å²) < 4.78 is 10.2. The van der Waals surface area contributed by atoms with E-state index in [1.165, 1.54) is 0 Å². The highest BCUT2D eigenvalue weighted by molar-refractivity contribution is 4.44. The first kappa shape index (κ1) is 9.88. The molecule has 0 aliphatic heterocycles. The molecule has 0 fully saturated rings. The van der Waals surface area contributed by atoms with Crippen LogP contribution in [0.25, 0.3) is 0 Å². The number of hydrogen-bond acceptors (Lipinski definition) is 3. The zero-order chi connectivity index (χ0) is 7.98. The fourth-order valence-electron chi connectivity index (χ4n) is 0.644. The third-order valence-electron chi connectivity index (χ3n) is 1.08. The minimum absolute atomic E-state index is 0.0391. The molecule has 0 unspecified atom stereocenters. The van der Waals surface area contributed by atoms with Crippen LogP contribution in [-0.2, 0) is 9.47 Å². The van der Waals surface area contributed by atoms with Gasteiger partial charge in [-0.3, -0.25) is 0 Å². The van der Waals surface area contributed by atoms with Gasteiger partial charge in [0.05, 0.1) is 12.7 Å². The second-order valence-electron chi connectivity index (χ2n) is 2.15. The zero-order valence-corrected chi connectivity index (χ0v) is 6.83. The summed E-state index contributed by atoms with van der Waals surface area (Å²) in [5, 5.41) is 8.57. The van der Waals surface area contributed by atoms with Crippen molar-refractivity contribution in [3.63, 3.8) is 0 Å². The van der Waals surface area contributed by atoms with Crippen LogP contribution in [0.15, 0.2) is 0 Å². The molecule has 0 aliphatic carbocycles. The van der Waals surface area contributed by atoms with Crippen molar-refractivity contribution in [3.8, 4) is 0 Å². The second-order valence-corrected chi connectivity index (χ2v) is 2.15. The first-order valence-corrected chi connectivity index (χ1v) is 3.58. The van der Waals surface area contributed by atoms with Crippen LogP contribution >= 0.6 is 0 Å². The molecule has 0 saturated heterocycles. The number of hydrogen-bond donors (Lipinski definition) is 1. The Morgan fingerprint density at radius 1 is 1.40 bits per heavy atom. The molecule has 0 aromatic carbocycles. The van der Waals surface area contributed by atoms with Gasteiger partial charge < -0.3 is 14.6 Å². The van der Waals surface area contributed by atoms with Crippen LogP contribution in [0.2, 0.25) is 0 Å². The minimum atomic E-state index is -0.216. The first-order valence-electron chi connectivity index (χ1n) is 3.58. The van der Waals surface area contributed by atoms with E-state index in [4.69, 9.17) is 14.6 Å². The summed E-state index contributed by atoms with van der Waals surface area (Å²) >= 11 is 0. The van der Waals surface area contributed by atoms with E-state index in [0.29, 0.717) is 6.61 Å². The minimum Gasteiger partial charge on any atom is -0.394 e. The van der Waals surface area contributed by atoms with E-state index < -0.39 is 0 Å². The van der Waals surface area contributed by atoms with Gasteiger partial charge >= 0.3 is 0 Å². The van der Waals surface area contributed by atoms with Crippen LogP contribution in [-0.4, -0.2) is 30.7 Å². The summed E-state index contributed by atoms with van der Waals surface area (Å²) in [6.45, 7) is 6.20. The molecule has 0 aromatic heterocycles. The van der Waals surface area contributed by atoms with Crippen LogP contribution in [0, 0.1) is 0 Å². The van der Waals surface area contributed by atoms with E-state index in [0.717, 1.165) is 0 Å².